The normalized spacial score (nSPS) is 12.9. The van der Waals surface area contributed by atoms with Crippen LogP contribution in [0.2, 0.25) is 0 Å². The van der Waals surface area contributed by atoms with Crippen LogP contribution in [0.5, 0.6) is 11.5 Å². The highest BCUT2D eigenvalue weighted by atomic mass is 32.1. The van der Waals surface area contributed by atoms with Crippen LogP contribution >= 0.6 is 11.3 Å². The van der Waals surface area contributed by atoms with Crippen molar-refractivity contribution in [3.05, 3.63) is 48.0 Å². The quantitative estimate of drug-likeness (QED) is 0.567. The summed E-state index contributed by atoms with van der Waals surface area (Å²) in [5, 5.41) is 6.61. The van der Waals surface area contributed by atoms with Crippen LogP contribution in [0.1, 0.15) is 0 Å². The predicted molar refractivity (Wildman–Crippen MR) is 85.7 cm³/mol. The van der Waals surface area contributed by atoms with E-state index in [1.54, 1.807) is 22.0 Å². The van der Waals surface area contributed by atoms with Crippen molar-refractivity contribution in [2.45, 2.75) is 0 Å². The van der Waals surface area contributed by atoms with Gasteiger partial charge in [-0.25, -0.2) is 4.98 Å². The second-order valence-electron chi connectivity index (χ2n) is 5.02. The van der Waals surface area contributed by atoms with Crippen molar-refractivity contribution >= 4 is 17.1 Å². The largest absolute Gasteiger partial charge is 0.454 e. The third-order valence-electron chi connectivity index (χ3n) is 3.65. The Morgan fingerprint density at radius 3 is 2.96 bits per heavy atom. The highest BCUT2D eigenvalue weighted by Gasteiger charge is 2.16. The average molecular weight is 322 g/mol. The number of hydrogen-bond acceptors (Lipinski definition) is 6. The van der Waals surface area contributed by atoms with Crippen molar-refractivity contribution in [1.29, 1.82) is 0 Å². The maximum atomic E-state index is 5.46. The van der Waals surface area contributed by atoms with Crippen molar-refractivity contribution in [3.63, 3.8) is 0 Å². The molecule has 1 aromatic carbocycles. The molecule has 0 aliphatic carbocycles. The number of rotatable bonds is 2. The fourth-order valence-electron chi connectivity index (χ4n) is 2.58. The van der Waals surface area contributed by atoms with Crippen molar-refractivity contribution in [1.82, 2.24) is 19.6 Å². The number of ether oxygens (including phenoxy) is 2. The zero-order chi connectivity index (χ0) is 15.2. The Labute approximate surface area is 135 Å². The minimum Gasteiger partial charge on any atom is -0.454 e. The molecule has 0 atom stereocenters. The van der Waals surface area contributed by atoms with Gasteiger partial charge in [-0.05, 0) is 35.7 Å². The van der Waals surface area contributed by atoms with Crippen LogP contribution in [0, 0.1) is 0 Å². The molecular weight excluding hydrogens is 312 g/mol. The second kappa shape index (κ2) is 4.79. The Hall–Kier alpha value is -2.93. The highest BCUT2D eigenvalue weighted by molar-refractivity contribution is 7.13. The molecule has 0 radical (unpaired) electrons. The van der Waals surface area contributed by atoms with E-state index in [1.807, 2.05) is 41.8 Å². The third-order valence-corrected chi connectivity index (χ3v) is 4.52. The minimum absolute atomic E-state index is 0.260. The van der Waals surface area contributed by atoms with Crippen molar-refractivity contribution in [3.8, 4) is 33.5 Å². The molecule has 3 aromatic heterocycles. The lowest BCUT2D eigenvalue weighted by molar-refractivity contribution is 0.174. The molecule has 0 spiro atoms. The standard InChI is InChI=1S/C16H10N4O2S/c1-2-14(23-7-1)15-18-16-17-6-5-11(20(16)19-15)10-3-4-12-13(8-10)22-9-21-12/h1-8H,9H2. The molecule has 1 aliphatic heterocycles. The Kier molecular flexibility index (Phi) is 2.62. The van der Waals surface area contributed by atoms with Crippen LogP contribution < -0.4 is 9.47 Å². The zero-order valence-electron chi connectivity index (χ0n) is 11.8. The van der Waals surface area contributed by atoms with E-state index in [0.29, 0.717) is 11.6 Å². The van der Waals surface area contributed by atoms with Crippen LogP contribution in [0.3, 0.4) is 0 Å². The molecule has 0 amide bonds. The van der Waals surface area contributed by atoms with E-state index in [9.17, 15) is 0 Å². The Bertz CT molecular complexity index is 1010. The van der Waals surface area contributed by atoms with E-state index in [0.717, 1.165) is 27.6 Å². The van der Waals surface area contributed by atoms with E-state index in [2.05, 4.69) is 15.1 Å². The molecular formula is C16H10N4O2S. The fourth-order valence-corrected chi connectivity index (χ4v) is 3.23. The van der Waals surface area contributed by atoms with Crippen molar-refractivity contribution in [2.75, 3.05) is 6.79 Å². The summed E-state index contributed by atoms with van der Waals surface area (Å²) in [6.07, 6.45) is 1.74. The number of nitrogens with zero attached hydrogens (tertiary/aromatic N) is 4. The summed E-state index contributed by atoms with van der Waals surface area (Å²) in [5.74, 6) is 2.76. The molecule has 5 rings (SSSR count). The first-order valence-electron chi connectivity index (χ1n) is 7.04. The smallest absolute Gasteiger partial charge is 0.253 e. The first-order chi connectivity index (χ1) is 11.4. The summed E-state index contributed by atoms with van der Waals surface area (Å²) < 4.78 is 12.6. The van der Waals surface area contributed by atoms with Gasteiger partial charge in [0.05, 0.1) is 10.6 Å². The molecule has 0 saturated carbocycles. The molecule has 0 bridgehead atoms. The molecule has 6 nitrogen and oxygen atoms in total. The Morgan fingerprint density at radius 1 is 1.09 bits per heavy atom. The van der Waals surface area contributed by atoms with Crippen molar-refractivity contribution < 1.29 is 9.47 Å². The monoisotopic (exact) mass is 322 g/mol. The number of fused-ring (bicyclic) bond motifs is 2. The lowest BCUT2D eigenvalue weighted by atomic mass is 10.1. The zero-order valence-corrected chi connectivity index (χ0v) is 12.7. The van der Waals surface area contributed by atoms with Gasteiger partial charge in [0, 0.05) is 11.8 Å². The van der Waals surface area contributed by atoms with Gasteiger partial charge < -0.3 is 9.47 Å². The molecule has 0 saturated heterocycles. The first-order valence-corrected chi connectivity index (χ1v) is 7.92. The van der Waals surface area contributed by atoms with Gasteiger partial charge in [-0.15, -0.1) is 16.4 Å². The van der Waals surface area contributed by atoms with Crippen LogP contribution in [-0.2, 0) is 0 Å². The van der Waals surface area contributed by atoms with E-state index >= 15 is 0 Å². The van der Waals surface area contributed by atoms with Crippen LogP contribution in [0.4, 0.5) is 0 Å². The first kappa shape index (κ1) is 12.6. The van der Waals surface area contributed by atoms with E-state index in [1.165, 1.54) is 0 Å². The highest BCUT2D eigenvalue weighted by Crippen LogP contribution is 2.36. The SMILES string of the molecule is c1csc(-c2nc3nccc(-c4ccc5c(c4)OCO5)n3n2)c1. The molecule has 1 aliphatic rings. The Morgan fingerprint density at radius 2 is 2.04 bits per heavy atom. The molecule has 112 valence electrons. The lowest BCUT2D eigenvalue weighted by Crippen LogP contribution is -1.96. The van der Waals surface area contributed by atoms with Gasteiger partial charge in [0.1, 0.15) is 0 Å². The van der Waals surface area contributed by atoms with Gasteiger partial charge in [-0.2, -0.15) is 9.50 Å². The second-order valence-corrected chi connectivity index (χ2v) is 5.97. The molecule has 23 heavy (non-hydrogen) atoms. The van der Waals surface area contributed by atoms with Crippen LogP contribution in [0.15, 0.2) is 48.0 Å². The number of aromatic nitrogens is 4. The maximum Gasteiger partial charge on any atom is 0.253 e. The average Bonchev–Trinajstić information content (AvgIpc) is 3.31. The molecule has 0 unspecified atom stereocenters. The minimum atomic E-state index is 0.260. The summed E-state index contributed by atoms with van der Waals surface area (Å²) in [4.78, 5) is 9.84. The Balaban J connectivity index is 1.69. The van der Waals surface area contributed by atoms with Crippen LogP contribution in [-0.4, -0.2) is 26.4 Å². The summed E-state index contributed by atoms with van der Waals surface area (Å²) in [5.41, 5.74) is 1.88. The summed E-state index contributed by atoms with van der Waals surface area (Å²) in [7, 11) is 0. The van der Waals surface area contributed by atoms with E-state index in [4.69, 9.17) is 9.47 Å². The van der Waals surface area contributed by atoms with Gasteiger partial charge >= 0.3 is 0 Å². The summed E-state index contributed by atoms with van der Waals surface area (Å²) in [6.45, 7) is 0.260. The summed E-state index contributed by atoms with van der Waals surface area (Å²) in [6, 6.07) is 11.7. The van der Waals surface area contributed by atoms with Gasteiger partial charge in [0.2, 0.25) is 6.79 Å². The van der Waals surface area contributed by atoms with Crippen molar-refractivity contribution in [2.24, 2.45) is 0 Å². The third kappa shape index (κ3) is 1.97. The van der Waals surface area contributed by atoms with Crippen LogP contribution in [0.25, 0.3) is 27.7 Å². The topological polar surface area (TPSA) is 61.5 Å². The molecule has 7 heteroatoms. The molecule has 4 heterocycles. The predicted octanol–water partition coefficient (Wildman–Crippen LogP) is 3.25. The number of benzene rings is 1. The van der Waals surface area contributed by atoms with Gasteiger partial charge in [0.15, 0.2) is 17.3 Å². The molecule has 0 fully saturated rings. The molecule has 4 aromatic rings. The lowest BCUT2D eigenvalue weighted by Gasteiger charge is -2.04. The van der Waals surface area contributed by atoms with Gasteiger partial charge in [-0.3, -0.25) is 0 Å². The number of hydrogen-bond donors (Lipinski definition) is 0. The number of thiophene rings is 1. The van der Waals surface area contributed by atoms with Gasteiger partial charge in [-0.1, -0.05) is 6.07 Å². The van der Waals surface area contributed by atoms with E-state index in [-0.39, 0.29) is 6.79 Å². The fraction of sp³-hybridized carbons (Fsp3) is 0.0625. The molecule has 0 N–H and O–H groups in total. The van der Waals surface area contributed by atoms with E-state index < -0.39 is 0 Å². The van der Waals surface area contributed by atoms with Gasteiger partial charge in [0.25, 0.3) is 5.78 Å². The summed E-state index contributed by atoms with van der Waals surface area (Å²) >= 11 is 1.61. The maximum absolute atomic E-state index is 5.46.